The average Bonchev–Trinajstić information content (AvgIpc) is 2.55. The second-order valence-corrected chi connectivity index (χ2v) is 6.47. The Kier molecular flexibility index (Phi) is 7.82. The molecule has 0 aliphatic heterocycles. The first-order chi connectivity index (χ1) is 11.6. The molecule has 3 N–H and O–H groups in total. The van der Waals surface area contributed by atoms with Crippen LogP contribution in [0.5, 0.6) is 5.75 Å². The maximum absolute atomic E-state index is 10.2. The second-order valence-electron chi connectivity index (χ2n) is 5.63. The number of quaternary nitrogens is 1. The van der Waals surface area contributed by atoms with E-state index in [0.717, 1.165) is 17.0 Å². The summed E-state index contributed by atoms with van der Waals surface area (Å²) in [7, 11) is 0. The monoisotopic (exact) mass is 370 g/mol. The summed E-state index contributed by atoms with van der Waals surface area (Å²) >= 11 is 11.9. The number of halogens is 2. The van der Waals surface area contributed by atoms with Crippen LogP contribution in [0.1, 0.15) is 5.56 Å². The molecule has 0 amide bonds. The number of nitrogens with one attached hydrogen (secondary N) is 1. The van der Waals surface area contributed by atoms with Crippen molar-refractivity contribution in [3.05, 3.63) is 64.1 Å². The van der Waals surface area contributed by atoms with E-state index < -0.39 is 6.10 Å². The third-order valence-electron chi connectivity index (χ3n) is 3.61. The van der Waals surface area contributed by atoms with Crippen molar-refractivity contribution in [2.24, 2.45) is 0 Å². The van der Waals surface area contributed by atoms with E-state index in [1.54, 1.807) is 18.2 Å². The molecule has 0 heterocycles. The van der Waals surface area contributed by atoms with Crippen molar-refractivity contribution in [1.82, 2.24) is 0 Å². The van der Waals surface area contributed by atoms with Crippen LogP contribution in [0.25, 0.3) is 0 Å². The molecule has 2 atom stereocenters. The minimum absolute atomic E-state index is 0.0682. The van der Waals surface area contributed by atoms with Gasteiger partial charge >= 0.3 is 0 Å². The van der Waals surface area contributed by atoms with Crippen LogP contribution in [0, 0.1) is 0 Å². The van der Waals surface area contributed by atoms with E-state index in [0.29, 0.717) is 28.9 Å². The molecule has 0 bridgehead atoms. The van der Waals surface area contributed by atoms with Gasteiger partial charge in [-0.25, -0.2) is 0 Å². The number of aliphatic hydroxyl groups is 2. The summed E-state index contributed by atoms with van der Waals surface area (Å²) in [6.07, 6.45) is -0.665. The highest BCUT2D eigenvalue weighted by molar-refractivity contribution is 6.35. The van der Waals surface area contributed by atoms with Gasteiger partial charge in [-0.05, 0) is 18.2 Å². The van der Waals surface area contributed by atoms with Crippen LogP contribution < -0.4 is 9.64 Å². The summed E-state index contributed by atoms with van der Waals surface area (Å²) in [5.74, 6) is 0.492. The zero-order chi connectivity index (χ0) is 17.4. The topological polar surface area (TPSA) is 54.1 Å². The van der Waals surface area contributed by atoms with Crippen molar-refractivity contribution in [3.8, 4) is 5.75 Å². The first-order valence-corrected chi connectivity index (χ1v) is 8.58. The lowest BCUT2D eigenvalue weighted by molar-refractivity contribution is -0.917. The Morgan fingerprint density at radius 1 is 1.08 bits per heavy atom. The van der Waals surface area contributed by atoms with Crippen molar-refractivity contribution < 1.29 is 19.8 Å². The van der Waals surface area contributed by atoms with E-state index in [9.17, 15) is 10.2 Å². The summed E-state index contributed by atoms with van der Waals surface area (Å²) in [5.41, 5.74) is 1.16. The second kappa shape index (κ2) is 9.87. The average molecular weight is 371 g/mol. The molecule has 1 unspecified atom stereocenters. The van der Waals surface area contributed by atoms with Crippen molar-refractivity contribution in [2.45, 2.75) is 12.6 Å². The molecular weight excluding hydrogens is 349 g/mol. The summed E-state index contributed by atoms with van der Waals surface area (Å²) in [5, 5.41) is 20.4. The van der Waals surface area contributed by atoms with Crippen molar-refractivity contribution in [1.29, 1.82) is 0 Å². The summed E-state index contributed by atoms with van der Waals surface area (Å²) in [6.45, 7) is 1.97. The van der Waals surface area contributed by atoms with Crippen LogP contribution in [-0.2, 0) is 6.54 Å². The van der Waals surface area contributed by atoms with Crippen LogP contribution in [0.2, 0.25) is 10.0 Å². The Morgan fingerprint density at radius 2 is 1.83 bits per heavy atom. The first kappa shape index (κ1) is 19.0. The van der Waals surface area contributed by atoms with Gasteiger partial charge in [-0.2, -0.15) is 0 Å². The van der Waals surface area contributed by atoms with Crippen LogP contribution in [0.15, 0.2) is 48.5 Å². The van der Waals surface area contributed by atoms with E-state index in [1.165, 1.54) is 0 Å². The van der Waals surface area contributed by atoms with Crippen LogP contribution in [-0.4, -0.2) is 42.6 Å². The number of aliphatic hydroxyl groups excluding tert-OH is 2. The highest BCUT2D eigenvalue weighted by Crippen LogP contribution is 2.27. The van der Waals surface area contributed by atoms with Crippen molar-refractivity contribution in [2.75, 3.05) is 26.3 Å². The zero-order valence-corrected chi connectivity index (χ0v) is 14.8. The Hall–Kier alpha value is -1.30. The Morgan fingerprint density at radius 3 is 2.50 bits per heavy atom. The molecule has 0 fully saturated rings. The molecule has 0 saturated heterocycles. The lowest BCUT2D eigenvalue weighted by Crippen LogP contribution is -3.12. The molecule has 0 aliphatic rings. The third kappa shape index (κ3) is 6.30. The normalized spacial score (nSPS) is 13.5. The first-order valence-electron chi connectivity index (χ1n) is 7.82. The quantitative estimate of drug-likeness (QED) is 0.630. The summed E-state index contributed by atoms with van der Waals surface area (Å²) < 4.78 is 5.57. The number of hydrogen-bond donors (Lipinski definition) is 3. The fourth-order valence-corrected chi connectivity index (χ4v) is 2.94. The van der Waals surface area contributed by atoms with Gasteiger partial charge in [-0.1, -0.05) is 53.5 Å². The largest absolute Gasteiger partial charge is 0.489 e. The molecule has 2 aromatic carbocycles. The molecule has 0 aliphatic carbocycles. The van der Waals surface area contributed by atoms with E-state index in [4.69, 9.17) is 27.9 Å². The molecule has 0 radical (unpaired) electrons. The van der Waals surface area contributed by atoms with Gasteiger partial charge in [0.2, 0.25) is 0 Å². The lowest BCUT2D eigenvalue weighted by Gasteiger charge is -2.22. The standard InChI is InChI=1S/C18H21Cl2NO3/c19-15-6-7-18(17(20)10-15)24-13-16(23)12-21(8-9-22)11-14-4-2-1-3-5-14/h1-7,10,16,22-23H,8-9,11-13H2/p+1/t16-/m1/s1. The van der Waals surface area contributed by atoms with Crippen LogP contribution >= 0.6 is 23.2 Å². The number of benzene rings is 2. The smallest absolute Gasteiger partial charge is 0.138 e. The molecular formula is C18H22Cl2NO3+. The zero-order valence-electron chi connectivity index (χ0n) is 13.3. The molecule has 130 valence electrons. The number of rotatable bonds is 9. The Bertz CT molecular complexity index is 625. The third-order valence-corrected chi connectivity index (χ3v) is 4.14. The maximum atomic E-state index is 10.2. The molecule has 4 nitrogen and oxygen atoms in total. The van der Waals surface area contributed by atoms with Crippen LogP contribution in [0.4, 0.5) is 0 Å². The molecule has 24 heavy (non-hydrogen) atoms. The SMILES string of the molecule is OCC[NH+](Cc1ccccc1)C[C@@H](O)COc1ccc(Cl)cc1Cl. The molecule has 2 rings (SSSR count). The van der Waals surface area contributed by atoms with Gasteiger partial charge in [0.1, 0.15) is 38.1 Å². The summed E-state index contributed by atoms with van der Waals surface area (Å²) in [4.78, 5) is 1.09. The van der Waals surface area contributed by atoms with Gasteiger partial charge in [0.15, 0.2) is 0 Å². The minimum Gasteiger partial charge on any atom is -0.489 e. The van der Waals surface area contributed by atoms with Gasteiger partial charge in [-0.3, -0.25) is 0 Å². The predicted octanol–water partition coefficient (Wildman–Crippen LogP) is 1.81. The molecule has 2 aromatic rings. The van der Waals surface area contributed by atoms with E-state index in [-0.39, 0.29) is 13.2 Å². The Labute approximate surface area is 152 Å². The number of hydrogen-bond acceptors (Lipinski definition) is 3. The summed E-state index contributed by atoms with van der Waals surface area (Å²) in [6, 6.07) is 15.0. The fourth-order valence-electron chi connectivity index (χ4n) is 2.48. The highest BCUT2D eigenvalue weighted by atomic mass is 35.5. The van der Waals surface area contributed by atoms with E-state index in [2.05, 4.69) is 0 Å². The number of ether oxygens (including phenoxy) is 1. The van der Waals surface area contributed by atoms with Crippen LogP contribution in [0.3, 0.4) is 0 Å². The van der Waals surface area contributed by atoms with Crippen molar-refractivity contribution in [3.63, 3.8) is 0 Å². The van der Waals surface area contributed by atoms with Gasteiger partial charge < -0.3 is 19.8 Å². The van der Waals surface area contributed by atoms with Gasteiger partial charge in [0.25, 0.3) is 0 Å². The fraction of sp³-hybridized carbons (Fsp3) is 0.333. The Balaban J connectivity index is 1.86. The molecule has 0 aromatic heterocycles. The van der Waals surface area contributed by atoms with Gasteiger partial charge in [0, 0.05) is 10.6 Å². The maximum Gasteiger partial charge on any atom is 0.138 e. The predicted molar refractivity (Wildman–Crippen MR) is 95.9 cm³/mol. The molecule has 0 spiro atoms. The van der Waals surface area contributed by atoms with E-state index >= 15 is 0 Å². The van der Waals surface area contributed by atoms with Gasteiger partial charge in [0.05, 0.1) is 11.6 Å². The lowest BCUT2D eigenvalue weighted by atomic mass is 10.2. The molecule has 0 saturated carbocycles. The molecule has 6 heteroatoms. The van der Waals surface area contributed by atoms with Gasteiger partial charge in [-0.15, -0.1) is 0 Å². The highest BCUT2D eigenvalue weighted by Gasteiger charge is 2.16. The van der Waals surface area contributed by atoms with Crippen molar-refractivity contribution >= 4 is 23.2 Å². The minimum atomic E-state index is -0.665. The van der Waals surface area contributed by atoms with E-state index in [1.807, 2.05) is 30.3 Å².